The fourth-order valence-corrected chi connectivity index (χ4v) is 3.40. The summed E-state index contributed by atoms with van der Waals surface area (Å²) in [6.07, 6.45) is 5.01. The van der Waals surface area contributed by atoms with Gasteiger partial charge in [0.1, 0.15) is 0 Å². The van der Waals surface area contributed by atoms with Gasteiger partial charge in [-0.1, -0.05) is 35.4 Å². The summed E-state index contributed by atoms with van der Waals surface area (Å²) in [6, 6.07) is 11.4. The van der Waals surface area contributed by atoms with Crippen LogP contribution in [0.3, 0.4) is 0 Å². The van der Waals surface area contributed by atoms with Gasteiger partial charge in [0.05, 0.1) is 28.2 Å². The van der Waals surface area contributed by atoms with Crippen LogP contribution in [0.2, 0.25) is 5.02 Å². The first-order valence-electron chi connectivity index (χ1n) is 8.81. The molecule has 0 fully saturated rings. The van der Waals surface area contributed by atoms with Crippen LogP contribution in [0.5, 0.6) is 0 Å². The van der Waals surface area contributed by atoms with Crippen molar-refractivity contribution in [3.63, 3.8) is 0 Å². The topological polar surface area (TPSA) is 72.7 Å². The second-order valence-corrected chi connectivity index (χ2v) is 6.99. The highest BCUT2D eigenvalue weighted by Gasteiger charge is 2.19. The number of carbonyl (C=O) groups is 1. The van der Waals surface area contributed by atoms with Gasteiger partial charge in [-0.3, -0.25) is 9.78 Å². The molecule has 4 aromatic rings. The quantitative estimate of drug-likeness (QED) is 0.559. The molecule has 0 unspecified atom stereocenters. The number of halogens is 1. The SMILES string of the molecule is Cc1ccc(NC(=O)c2cnc3c(c(C)nn3Cc3cccnc3)c2Cl)cc1. The number of anilines is 1. The van der Waals surface area contributed by atoms with Crippen molar-refractivity contribution in [2.24, 2.45) is 0 Å². The number of hydrogen-bond acceptors (Lipinski definition) is 4. The molecule has 0 bridgehead atoms. The van der Waals surface area contributed by atoms with Crippen LogP contribution in [-0.4, -0.2) is 25.7 Å². The average molecular weight is 392 g/mol. The lowest BCUT2D eigenvalue weighted by molar-refractivity contribution is 0.102. The number of aryl methyl sites for hydroxylation is 2. The normalized spacial score (nSPS) is 11.0. The maximum absolute atomic E-state index is 12.7. The van der Waals surface area contributed by atoms with Crippen LogP contribution in [0, 0.1) is 13.8 Å². The molecule has 0 saturated heterocycles. The van der Waals surface area contributed by atoms with Gasteiger partial charge < -0.3 is 5.32 Å². The number of benzene rings is 1. The van der Waals surface area contributed by atoms with E-state index in [0.717, 1.165) is 16.8 Å². The third-order valence-electron chi connectivity index (χ3n) is 4.48. The highest BCUT2D eigenvalue weighted by molar-refractivity contribution is 6.39. The van der Waals surface area contributed by atoms with Gasteiger partial charge in [0, 0.05) is 24.3 Å². The molecule has 0 radical (unpaired) electrons. The fraction of sp³-hybridized carbons (Fsp3) is 0.143. The molecule has 140 valence electrons. The van der Waals surface area contributed by atoms with Crippen LogP contribution in [-0.2, 0) is 6.54 Å². The Balaban J connectivity index is 1.68. The van der Waals surface area contributed by atoms with Crippen molar-refractivity contribution in [2.45, 2.75) is 20.4 Å². The lowest BCUT2D eigenvalue weighted by atomic mass is 10.1. The van der Waals surface area contributed by atoms with E-state index in [1.807, 2.05) is 50.2 Å². The molecule has 0 aliphatic rings. The van der Waals surface area contributed by atoms with E-state index in [0.29, 0.717) is 33.9 Å². The first-order valence-corrected chi connectivity index (χ1v) is 9.19. The molecule has 28 heavy (non-hydrogen) atoms. The predicted octanol–water partition coefficient (Wildman–Crippen LogP) is 4.40. The average Bonchev–Trinajstić information content (AvgIpc) is 3.01. The summed E-state index contributed by atoms with van der Waals surface area (Å²) in [5, 5.41) is 8.44. The molecular formula is C21H18ClN5O. The second-order valence-electron chi connectivity index (χ2n) is 6.61. The number of amides is 1. The Morgan fingerprint density at radius 1 is 1.14 bits per heavy atom. The number of nitrogens with zero attached hydrogens (tertiary/aromatic N) is 4. The van der Waals surface area contributed by atoms with E-state index < -0.39 is 0 Å². The van der Waals surface area contributed by atoms with Gasteiger partial charge in [-0.05, 0) is 37.6 Å². The van der Waals surface area contributed by atoms with Crippen LogP contribution in [0.4, 0.5) is 5.69 Å². The molecule has 4 rings (SSSR count). The Hall–Kier alpha value is -3.25. The predicted molar refractivity (Wildman–Crippen MR) is 110 cm³/mol. The van der Waals surface area contributed by atoms with Gasteiger partial charge in [0.15, 0.2) is 5.65 Å². The maximum Gasteiger partial charge on any atom is 0.258 e. The number of pyridine rings is 2. The molecule has 6 nitrogen and oxygen atoms in total. The largest absolute Gasteiger partial charge is 0.322 e. The van der Waals surface area contributed by atoms with Crippen molar-refractivity contribution in [1.82, 2.24) is 19.7 Å². The summed E-state index contributed by atoms with van der Waals surface area (Å²) < 4.78 is 1.77. The fourth-order valence-electron chi connectivity index (χ4n) is 3.04. The Kier molecular flexibility index (Phi) is 4.79. The molecule has 7 heteroatoms. The second kappa shape index (κ2) is 7.40. The first-order chi connectivity index (χ1) is 13.5. The van der Waals surface area contributed by atoms with Crippen LogP contribution < -0.4 is 5.32 Å². The number of aromatic nitrogens is 4. The van der Waals surface area contributed by atoms with E-state index >= 15 is 0 Å². The van der Waals surface area contributed by atoms with Crippen LogP contribution in [0.1, 0.15) is 27.2 Å². The molecule has 3 aromatic heterocycles. The van der Waals surface area contributed by atoms with Gasteiger partial charge in [0.25, 0.3) is 5.91 Å². The summed E-state index contributed by atoms with van der Waals surface area (Å²) >= 11 is 6.58. The van der Waals surface area contributed by atoms with E-state index in [2.05, 4.69) is 20.4 Å². The molecule has 0 aliphatic carbocycles. The summed E-state index contributed by atoms with van der Waals surface area (Å²) in [6.45, 7) is 4.37. The molecule has 1 amide bonds. The Labute approximate surface area is 167 Å². The van der Waals surface area contributed by atoms with Crippen LogP contribution in [0.15, 0.2) is 55.0 Å². The summed E-state index contributed by atoms with van der Waals surface area (Å²) in [7, 11) is 0. The zero-order valence-electron chi connectivity index (χ0n) is 15.5. The summed E-state index contributed by atoms with van der Waals surface area (Å²) in [4.78, 5) is 21.3. The Morgan fingerprint density at radius 2 is 1.93 bits per heavy atom. The van der Waals surface area contributed by atoms with Crippen LogP contribution >= 0.6 is 11.6 Å². The van der Waals surface area contributed by atoms with Gasteiger partial charge >= 0.3 is 0 Å². The van der Waals surface area contributed by atoms with Crippen molar-refractivity contribution in [3.8, 4) is 0 Å². The highest BCUT2D eigenvalue weighted by Crippen LogP contribution is 2.29. The number of hydrogen-bond donors (Lipinski definition) is 1. The molecule has 3 heterocycles. The minimum Gasteiger partial charge on any atom is -0.322 e. The van der Waals surface area contributed by atoms with Crippen molar-refractivity contribution >= 4 is 34.2 Å². The van der Waals surface area contributed by atoms with Gasteiger partial charge in [-0.15, -0.1) is 0 Å². The van der Waals surface area contributed by atoms with E-state index in [1.165, 1.54) is 6.20 Å². The van der Waals surface area contributed by atoms with E-state index in [4.69, 9.17) is 11.6 Å². The minimum atomic E-state index is -0.303. The molecule has 0 saturated carbocycles. The van der Waals surface area contributed by atoms with E-state index in [1.54, 1.807) is 17.1 Å². The third-order valence-corrected chi connectivity index (χ3v) is 4.87. The summed E-state index contributed by atoms with van der Waals surface area (Å²) in [5.41, 5.74) is 4.51. The molecule has 1 N–H and O–H groups in total. The molecular weight excluding hydrogens is 374 g/mol. The highest BCUT2D eigenvalue weighted by atomic mass is 35.5. The van der Waals surface area contributed by atoms with Gasteiger partial charge in [0.2, 0.25) is 0 Å². The number of carbonyl (C=O) groups excluding carboxylic acids is 1. The van der Waals surface area contributed by atoms with Crippen molar-refractivity contribution < 1.29 is 4.79 Å². The number of rotatable bonds is 4. The number of fused-ring (bicyclic) bond motifs is 1. The number of nitrogens with one attached hydrogen (secondary N) is 1. The Morgan fingerprint density at radius 3 is 2.64 bits per heavy atom. The van der Waals surface area contributed by atoms with E-state index in [-0.39, 0.29) is 5.91 Å². The summed E-state index contributed by atoms with van der Waals surface area (Å²) in [5.74, 6) is -0.303. The lowest BCUT2D eigenvalue weighted by Gasteiger charge is -2.08. The first kappa shape index (κ1) is 18.1. The smallest absolute Gasteiger partial charge is 0.258 e. The maximum atomic E-state index is 12.7. The van der Waals surface area contributed by atoms with Crippen molar-refractivity contribution in [3.05, 3.63) is 82.4 Å². The molecule has 0 aliphatic heterocycles. The molecule has 1 aromatic carbocycles. The van der Waals surface area contributed by atoms with Crippen LogP contribution in [0.25, 0.3) is 11.0 Å². The zero-order chi connectivity index (χ0) is 19.7. The Bertz CT molecular complexity index is 1150. The lowest BCUT2D eigenvalue weighted by Crippen LogP contribution is -2.13. The molecule has 0 atom stereocenters. The van der Waals surface area contributed by atoms with E-state index in [9.17, 15) is 4.79 Å². The molecule has 0 spiro atoms. The van der Waals surface area contributed by atoms with Gasteiger partial charge in [-0.2, -0.15) is 5.10 Å². The van der Waals surface area contributed by atoms with Gasteiger partial charge in [-0.25, -0.2) is 9.67 Å². The third kappa shape index (κ3) is 3.46. The monoisotopic (exact) mass is 391 g/mol. The zero-order valence-corrected chi connectivity index (χ0v) is 16.2. The van der Waals surface area contributed by atoms with Crippen molar-refractivity contribution in [1.29, 1.82) is 0 Å². The minimum absolute atomic E-state index is 0.303. The van der Waals surface area contributed by atoms with Crippen molar-refractivity contribution in [2.75, 3.05) is 5.32 Å². The standard InChI is InChI=1S/C21H18ClN5O/c1-13-5-7-16(8-6-13)25-21(28)17-11-24-20-18(19(17)22)14(2)26-27(20)12-15-4-3-9-23-10-15/h3-11H,12H2,1-2H3,(H,25,28).